The Labute approximate surface area is 130 Å². The van der Waals surface area contributed by atoms with Crippen LogP contribution in [-0.4, -0.2) is 45.9 Å². The molecule has 1 amide bonds. The maximum absolute atomic E-state index is 12.0. The van der Waals surface area contributed by atoms with Gasteiger partial charge in [-0.05, 0) is 39.7 Å². The summed E-state index contributed by atoms with van der Waals surface area (Å²) in [5, 5.41) is 0. The van der Waals surface area contributed by atoms with E-state index in [9.17, 15) is 9.59 Å². The van der Waals surface area contributed by atoms with Gasteiger partial charge >= 0.3 is 6.09 Å². The predicted molar refractivity (Wildman–Crippen MR) is 82.0 cm³/mol. The number of aryl methyl sites for hydroxylation is 1. The number of carbonyl (C=O) groups excluding carboxylic acids is 2. The molecule has 1 aromatic rings. The molecule has 6 nitrogen and oxygen atoms in total. The third-order valence-corrected chi connectivity index (χ3v) is 3.23. The minimum Gasteiger partial charge on any atom is -0.444 e. The van der Waals surface area contributed by atoms with E-state index in [2.05, 4.69) is 9.97 Å². The summed E-state index contributed by atoms with van der Waals surface area (Å²) in [5.41, 5.74) is 2.05. The Balaban J connectivity index is 2.07. The van der Waals surface area contributed by atoms with E-state index in [0.29, 0.717) is 25.2 Å². The minimum absolute atomic E-state index is 0.232. The average molecular weight is 302 g/mol. The summed E-state index contributed by atoms with van der Waals surface area (Å²) >= 11 is 0. The molecule has 2 rings (SSSR count). The lowest BCUT2D eigenvalue weighted by Crippen LogP contribution is -2.39. The SMILES string of the molecule is Cc1nc(C2=CCN(C(=O)OC(C)(C)C)CC2)cnc1[C]=O. The molecule has 0 fully saturated rings. The quantitative estimate of drug-likeness (QED) is 0.838. The molecule has 0 aliphatic carbocycles. The van der Waals surface area contributed by atoms with Crippen molar-refractivity contribution < 1.29 is 14.3 Å². The van der Waals surface area contributed by atoms with Crippen LogP contribution in [0, 0.1) is 6.92 Å². The third-order valence-electron chi connectivity index (χ3n) is 3.23. The van der Waals surface area contributed by atoms with Crippen LogP contribution in [-0.2, 0) is 9.53 Å². The molecule has 0 N–H and O–H groups in total. The standard InChI is InChI=1S/C16H20N3O3/c1-11-14(10-20)17-9-13(18-11)12-5-7-19(8-6-12)15(21)22-16(2,3)4/h5,9H,6-8H2,1-4H3. The predicted octanol–water partition coefficient (Wildman–Crippen LogP) is 2.27. The largest absolute Gasteiger partial charge is 0.444 e. The van der Waals surface area contributed by atoms with Crippen LogP contribution in [0.4, 0.5) is 4.79 Å². The Morgan fingerprint density at radius 1 is 1.41 bits per heavy atom. The molecule has 1 aromatic heterocycles. The fraction of sp³-hybridized carbons (Fsp3) is 0.500. The van der Waals surface area contributed by atoms with Gasteiger partial charge in [-0.25, -0.2) is 14.8 Å². The van der Waals surface area contributed by atoms with Gasteiger partial charge in [-0.2, -0.15) is 0 Å². The second-order valence-electron chi connectivity index (χ2n) is 6.20. The van der Waals surface area contributed by atoms with Crippen molar-refractivity contribution in [3.8, 4) is 0 Å². The van der Waals surface area contributed by atoms with Crippen molar-refractivity contribution in [3.63, 3.8) is 0 Å². The summed E-state index contributed by atoms with van der Waals surface area (Å²) in [6.07, 6.45) is 5.64. The molecule has 2 heterocycles. The highest BCUT2D eigenvalue weighted by molar-refractivity contribution is 5.75. The Morgan fingerprint density at radius 2 is 2.14 bits per heavy atom. The molecular weight excluding hydrogens is 282 g/mol. The zero-order valence-electron chi connectivity index (χ0n) is 13.3. The minimum atomic E-state index is -0.495. The van der Waals surface area contributed by atoms with Crippen molar-refractivity contribution >= 4 is 18.0 Å². The van der Waals surface area contributed by atoms with Gasteiger partial charge in [0, 0.05) is 13.1 Å². The molecule has 0 spiro atoms. The van der Waals surface area contributed by atoms with Crippen LogP contribution in [0.15, 0.2) is 12.3 Å². The summed E-state index contributed by atoms with van der Waals surface area (Å²) in [4.78, 5) is 32.7. The highest BCUT2D eigenvalue weighted by Crippen LogP contribution is 2.22. The summed E-state index contributed by atoms with van der Waals surface area (Å²) in [5.74, 6) is 0. The van der Waals surface area contributed by atoms with Gasteiger partial charge in [0.05, 0.1) is 17.6 Å². The van der Waals surface area contributed by atoms with Gasteiger partial charge in [0.2, 0.25) is 0 Å². The summed E-state index contributed by atoms with van der Waals surface area (Å²) < 4.78 is 5.35. The topological polar surface area (TPSA) is 72.4 Å². The number of hydrogen-bond donors (Lipinski definition) is 0. The Morgan fingerprint density at radius 3 is 2.64 bits per heavy atom. The Hall–Kier alpha value is -2.24. The first-order valence-electron chi connectivity index (χ1n) is 7.19. The fourth-order valence-corrected chi connectivity index (χ4v) is 2.13. The van der Waals surface area contributed by atoms with Crippen molar-refractivity contribution in [3.05, 3.63) is 29.4 Å². The second kappa shape index (κ2) is 6.25. The van der Waals surface area contributed by atoms with Crippen LogP contribution < -0.4 is 0 Å². The van der Waals surface area contributed by atoms with Crippen molar-refractivity contribution in [2.75, 3.05) is 13.1 Å². The van der Waals surface area contributed by atoms with Crippen LogP contribution in [0.1, 0.15) is 44.3 Å². The van der Waals surface area contributed by atoms with E-state index in [-0.39, 0.29) is 11.8 Å². The maximum Gasteiger partial charge on any atom is 0.410 e. The first-order chi connectivity index (χ1) is 10.3. The molecule has 0 aromatic carbocycles. The van der Waals surface area contributed by atoms with Crippen molar-refractivity contribution in [2.24, 2.45) is 0 Å². The van der Waals surface area contributed by atoms with Gasteiger partial charge in [-0.1, -0.05) is 6.08 Å². The molecule has 1 aliphatic heterocycles. The van der Waals surface area contributed by atoms with Gasteiger partial charge in [0.15, 0.2) is 0 Å². The van der Waals surface area contributed by atoms with Crippen LogP contribution >= 0.6 is 0 Å². The van der Waals surface area contributed by atoms with E-state index in [1.54, 1.807) is 24.3 Å². The first kappa shape index (κ1) is 16.1. The van der Waals surface area contributed by atoms with Gasteiger partial charge in [0.25, 0.3) is 6.29 Å². The fourth-order valence-electron chi connectivity index (χ4n) is 2.13. The first-order valence-corrected chi connectivity index (χ1v) is 7.19. The van der Waals surface area contributed by atoms with Gasteiger partial charge in [-0.15, -0.1) is 0 Å². The number of carbonyl (C=O) groups is 1. The van der Waals surface area contributed by atoms with Crippen LogP contribution in [0.5, 0.6) is 0 Å². The Kier molecular flexibility index (Phi) is 4.59. The lowest BCUT2D eigenvalue weighted by molar-refractivity contribution is 0.0270. The Bertz CT molecular complexity index is 618. The number of aromatic nitrogens is 2. The maximum atomic E-state index is 12.0. The molecule has 6 heteroatoms. The zero-order chi connectivity index (χ0) is 16.3. The highest BCUT2D eigenvalue weighted by atomic mass is 16.6. The zero-order valence-corrected chi connectivity index (χ0v) is 13.3. The lowest BCUT2D eigenvalue weighted by atomic mass is 10.1. The molecule has 117 valence electrons. The van der Waals surface area contributed by atoms with Crippen molar-refractivity contribution in [2.45, 2.75) is 39.7 Å². The van der Waals surface area contributed by atoms with Crippen LogP contribution in [0.2, 0.25) is 0 Å². The second-order valence-corrected chi connectivity index (χ2v) is 6.20. The van der Waals surface area contributed by atoms with E-state index in [1.807, 2.05) is 26.8 Å². The lowest BCUT2D eigenvalue weighted by Gasteiger charge is -2.29. The van der Waals surface area contributed by atoms with Gasteiger partial charge in [0.1, 0.15) is 11.3 Å². The number of amides is 1. The number of rotatable bonds is 2. The summed E-state index contributed by atoms with van der Waals surface area (Å²) in [6.45, 7) is 8.32. The summed E-state index contributed by atoms with van der Waals surface area (Å²) in [6, 6.07) is 0. The van der Waals surface area contributed by atoms with Crippen LogP contribution in [0.25, 0.3) is 5.57 Å². The van der Waals surface area contributed by atoms with E-state index in [0.717, 1.165) is 11.3 Å². The number of ether oxygens (including phenoxy) is 1. The molecule has 0 bridgehead atoms. The molecule has 1 aliphatic rings. The third kappa shape index (κ3) is 3.90. The van der Waals surface area contributed by atoms with Crippen molar-refractivity contribution in [1.29, 1.82) is 0 Å². The van der Waals surface area contributed by atoms with E-state index < -0.39 is 5.60 Å². The normalized spacial score (nSPS) is 15.3. The smallest absolute Gasteiger partial charge is 0.410 e. The van der Waals surface area contributed by atoms with Crippen molar-refractivity contribution in [1.82, 2.24) is 14.9 Å². The molecule has 0 unspecified atom stereocenters. The highest BCUT2D eigenvalue weighted by Gasteiger charge is 2.24. The van der Waals surface area contributed by atoms with Gasteiger partial charge in [-0.3, -0.25) is 4.79 Å². The van der Waals surface area contributed by atoms with E-state index in [4.69, 9.17) is 4.74 Å². The summed E-state index contributed by atoms with van der Waals surface area (Å²) in [7, 11) is 0. The average Bonchev–Trinajstić information content (AvgIpc) is 2.45. The molecule has 0 saturated heterocycles. The molecule has 0 atom stereocenters. The number of nitrogens with zero attached hydrogens (tertiary/aromatic N) is 3. The molecular formula is C16H20N3O3. The van der Waals surface area contributed by atoms with Crippen LogP contribution in [0.3, 0.4) is 0 Å². The number of hydrogen-bond acceptors (Lipinski definition) is 5. The van der Waals surface area contributed by atoms with Gasteiger partial charge < -0.3 is 9.64 Å². The van der Waals surface area contributed by atoms with E-state index in [1.165, 1.54) is 0 Å². The monoisotopic (exact) mass is 302 g/mol. The molecule has 1 radical (unpaired) electrons. The van der Waals surface area contributed by atoms with E-state index >= 15 is 0 Å². The molecule has 0 saturated carbocycles. The molecule has 22 heavy (non-hydrogen) atoms.